The number of hydrogen-bond acceptors (Lipinski definition) is 4. The Morgan fingerprint density at radius 2 is 1.58 bits per heavy atom. The van der Waals surface area contributed by atoms with E-state index in [0.29, 0.717) is 13.1 Å². The smallest absolute Gasteiger partial charge is 0.238 e. The van der Waals surface area contributed by atoms with Crippen LogP contribution in [0, 0.1) is 0 Å². The van der Waals surface area contributed by atoms with Crippen LogP contribution in [0.4, 0.5) is 5.69 Å². The summed E-state index contributed by atoms with van der Waals surface area (Å²) in [5.74, 6) is 0.107. The average Bonchev–Trinajstić information content (AvgIpc) is 2.63. The minimum atomic E-state index is 0.0221. The van der Waals surface area contributed by atoms with E-state index in [9.17, 15) is 9.59 Å². The van der Waals surface area contributed by atoms with Crippen molar-refractivity contribution in [2.45, 2.75) is 39.7 Å². The third kappa shape index (κ3) is 6.42. The van der Waals surface area contributed by atoms with Crippen LogP contribution in [0.2, 0.25) is 0 Å². The maximum Gasteiger partial charge on any atom is 0.238 e. The Morgan fingerprint density at radius 3 is 2.15 bits per heavy atom. The Morgan fingerprint density at radius 1 is 1.00 bits per heavy atom. The normalized spacial score (nSPS) is 16.9. The lowest BCUT2D eigenvalue weighted by Gasteiger charge is -2.34. The molecular formula is C20H32N4O2. The van der Waals surface area contributed by atoms with Gasteiger partial charge in [0, 0.05) is 37.9 Å². The van der Waals surface area contributed by atoms with Gasteiger partial charge in [0.1, 0.15) is 0 Å². The van der Waals surface area contributed by atoms with Gasteiger partial charge in [0.05, 0.1) is 13.1 Å². The van der Waals surface area contributed by atoms with Crippen molar-refractivity contribution in [3.63, 3.8) is 0 Å². The van der Waals surface area contributed by atoms with Crippen LogP contribution in [0.15, 0.2) is 24.3 Å². The van der Waals surface area contributed by atoms with Crippen molar-refractivity contribution in [1.82, 2.24) is 15.1 Å². The molecule has 1 fully saturated rings. The molecule has 0 saturated carbocycles. The molecule has 6 heteroatoms. The molecule has 1 aromatic rings. The third-order valence-corrected chi connectivity index (χ3v) is 4.89. The van der Waals surface area contributed by atoms with Crippen molar-refractivity contribution in [3.8, 4) is 0 Å². The molecular weight excluding hydrogens is 328 g/mol. The molecule has 1 atom stereocenters. The number of amides is 2. The number of benzene rings is 1. The fourth-order valence-electron chi connectivity index (χ4n) is 3.07. The summed E-state index contributed by atoms with van der Waals surface area (Å²) in [5.41, 5.74) is 2.05. The van der Waals surface area contributed by atoms with Gasteiger partial charge in [-0.15, -0.1) is 0 Å². The predicted molar refractivity (Wildman–Crippen MR) is 105 cm³/mol. The highest BCUT2D eigenvalue weighted by molar-refractivity contribution is 5.93. The zero-order chi connectivity index (χ0) is 18.9. The van der Waals surface area contributed by atoms with Crippen LogP contribution < -0.4 is 10.6 Å². The van der Waals surface area contributed by atoms with Crippen LogP contribution in [-0.4, -0.2) is 66.9 Å². The number of rotatable bonds is 8. The second-order valence-corrected chi connectivity index (χ2v) is 6.99. The van der Waals surface area contributed by atoms with Crippen molar-refractivity contribution in [2.75, 3.05) is 44.6 Å². The number of piperazine rings is 1. The van der Waals surface area contributed by atoms with Gasteiger partial charge in [0.25, 0.3) is 0 Å². The molecule has 0 bridgehead atoms. The van der Waals surface area contributed by atoms with E-state index in [-0.39, 0.29) is 17.9 Å². The monoisotopic (exact) mass is 360 g/mol. The molecule has 1 saturated heterocycles. The van der Waals surface area contributed by atoms with E-state index in [1.165, 1.54) is 0 Å². The lowest BCUT2D eigenvalue weighted by molar-refractivity contribution is -0.124. The summed E-state index contributed by atoms with van der Waals surface area (Å²) in [6, 6.07) is 8.14. The first-order valence-corrected chi connectivity index (χ1v) is 9.63. The molecule has 6 nitrogen and oxygen atoms in total. The second-order valence-electron chi connectivity index (χ2n) is 6.99. The van der Waals surface area contributed by atoms with E-state index in [0.717, 1.165) is 50.3 Å². The molecule has 2 N–H and O–H groups in total. The number of anilines is 1. The van der Waals surface area contributed by atoms with Crippen LogP contribution in [-0.2, 0) is 16.0 Å². The molecule has 1 aliphatic heterocycles. The van der Waals surface area contributed by atoms with E-state index in [1.807, 2.05) is 31.2 Å². The van der Waals surface area contributed by atoms with Gasteiger partial charge < -0.3 is 10.6 Å². The number of hydrogen-bond donors (Lipinski definition) is 2. The molecule has 144 valence electrons. The zero-order valence-electron chi connectivity index (χ0n) is 16.3. The Bertz CT molecular complexity index is 597. The maximum atomic E-state index is 12.3. The molecule has 0 spiro atoms. The first-order chi connectivity index (χ1) is 12.5. The SMILES string of the molecule is CCc1ccccc1NC(=O)CN1CCN(CC(=O)NC(C)CC)CC1. The summed E-state index contributed by atoms with van der Waals surface area (Å²) in [4.78, 5) is 28.6. The molecule has 2 rings (SSSR count). The minimum Gasteiger partial charge on any atom is -0.353 e. The van der Waals surface area contributed by atoms with Gasteiger partial charge in [0.2, 0.25) is 11.8 Å². The Kier molecular flexibility index (Phi) is 8.06. The number of carbonyl (C=O) groups excluding carboxylic acids is 2. The summed E-state index contributed by atoms with van der Waals surface area (Å²) in [6.07, 6.45) is 1.84. The Balaban J connectivity index is 1.73. The fourth-order valence-corrected chi connectivity index (χ4v) is 3.07. The highest BCUT2D eigenvalue weighted by atomic mass is 16.2. The van der Waals surface area contributed by atoms with E-state index in [2.05, 4.69) is 34.3 Å². The van der Waals surface area contributed by atoms with E-state index >= 15 is 0 Å². The van der Waals surface area contributed by atoms with Crippen molar-refractivity contribution >= 4 is 17.5 Å². The quantitative estimate of drug-likeness (QED) is 0.741. The molecule has 0 aromatic heterocycles. The van der Waals surface area contributed by atoms with Crippen LogP contribution in [0.1, 0.15) is 32.8 Å². The molecule has 2 amide bonds. The zero-order valence-corrected chi connectivity index (χ0v) is 16.3. The van der Waals surface area contributed by atoms with Gasteiger partial charge in [-0.25, -0.2) is 0 Å². The van der Waals surface area contributed by atoms with Crippen molar-refractivity contribution in [1.29, 1.82) is 0 Å². The standard InChI is InChI=1S/C20H32N4O2/c1-4-16(3)21-19(25)14-23-10-12-24(13-11-23)15-20(26)22-18-9-7-6-8-17(18)5-2/h6-9,16H,4-5,10-15H2,1-3H3,(H,21,25)(H,22,26). The minimum absolute atomic E-state index is 0.0221. The summed E-state index contributed by atoms with van der Waals surface area (Å²) < 4.78 is 0. The van der Waals surface area contributed by atoms with E-state index in [1.54, 1.807) is 0 Å². The number of para-hydroxylation sites is 1. The van der Waals surface area contributed by atoms with Crippen LogP contribution in [0.25, 0.3) is 0 Å². The average molecular weight is 361 g/mol. The largest absolute Gasteiger partial charge is 0.353 e. The second kappa shape index (κ2) is 10.3. The van der Waals surface area contributed by atoms with Gasteiger partial charge in [-0.2, -0.15) is 0 Å². The van der Waals surface area contributed by atoms with Crippen LogP contribution >= 0.6 is 0 Å². The Hall–Kier alpha value is -1.92. The highest BCUT2D eigenvalue weighted by Crippen LogP contribution is 2.15. The fraction of sp³-hybridized carbons (Fsp3) is 0.600. The van der Waals surface area contributed by atoms with Crippen molar-refractivity contribution in [3.05, 3.63) is 29.8 Å². The number of carbonyl (C=O) groups is 2. The molecule has 1 unspecified atom stereocenters. The third-order valence-electron chi connectivity index (χ3n) is 4.89. The molecule has 1 aromatic carbocycles. The predicted octanol–water partition coefficient (Wildman–Crippen LogP) is 1.72. The maximum absolute atomic E-state index is 12.3. The van der Waals surface area contributed by atoms with Crippen molar-refractivity contribution < 1.29 is 9.59 Å². The Labute approximate surface area is 156 Å². The summed E-state index contributed by atoms with van der Waals surface area (Å²) >= 11 is 0. The van der Waals surface area contributed by atoms with Gasteiger partial charge >= 0.3 is 0 Å². The summed E-state index contributed by atoms with van der Waals surface area (Å²) in [6.45, 7) is 10.2. The molecule has 0 radical (unpaired) electrons. The van der Waals surface area contributed by atoms with Gasteiger partial charge in [-0.05, 0) is 31.4 Å². The summed E-state index contributed by atoms with van der Waals surface area (Å²) in [7, 11) is 0. The van der Waals surface area contributed by atoms with Gasteiger partial charge in [-0.3, -0.25) is 19.4 Å². The van der Waals surface area contributed by atoms with Gasteiger partial charge in [0.15, 0.2) is 0 Å². The number of nitrogens with zero attached hydrogens (tertiary/aromatic N) is 2. The van der Waals surface area contributed by atoms with E-state index < -0.39 is 0 Å². The lowest BCUT2D eigenvalue weighted by atomic mass is 10.1. The van der Waals surface area contributed by atoms with E-state index in [4.69, 9.17) is 0 Å². The first kappa shape index (κ1) is 20.4. The number of aryl methyl sites for hydroxylation is 1. The van der Waals surface area contributed by atoms with Crippen molar-refractivity contribution in [2.24, 2.45) is 0 Å². The molecule has 1 aliphatic rings. The first-order valence-electron chi connectivity index (χ1n) is 9.63. The summed E-state index contributed by atoms with van der Waals surface area (Å²) in [5, 5.41) is 6.02. The van der Waals surface area contributed by atoms with Crippen LogP contribution in [0.3, 0.4) is 0 Å². The number of nitrogens with one attached hydrogen (secondary N) is 2. The molecule has 0 aliphatic carbocycles. The lowest BCUT2D eigenvalue weighted by Crippen LogP contribution is -2.51. The van der Waals surface area contributed by atoms with Gasteiger partial charge in [-0.1, -0.05) is 32.0 Å². The highest BCUT2D eigenvalue weighted by Gasteiger charge is 2.21. The topological polar surface area (TPSA) is 64.7 Å². The molecule has 26 heavy (non-hydrogen) atoms. The molecule has 1 heterocycles. The van der Waals surface area contributed by atoms with Crippen LogP contribution in [0.5, 0.6) is 0 Å².